The van der Waals surface area contributed by atoms with E-state index in [-0.39, 0.29) is 12.6 Å². The highest BCUT2D eigenvalue weighted by Crippen LogP contribution is 2.23. The van der Waals surface area contributed by atoms with Gasteiger partial charge in [-0.05, 0) is 58.0 Å². The summed E-state index contributed by atoms with van der Waals surface area (Å²) in [6, 6.07) is 0. The average molecular weight is 708 g/mol. The largest absolute Gasteiger partial charge is 0.466 e. The SMILES string of the molecule is CCCCCCCCCOC(=O)CCCCCCCN(CCO)CCCCCCCCC(=O)C(CCCCCCCC)CCCCCCCC. The summed E-state index contributed by atoms with van der Waals surface area (Å²) in [6.07, 6.45) is 40.8. The molecule has 0 atom stereocenters. The minimum absolute atomic E-state index is 0.0233. The molecule has 0 heterocycles. The lowest BCUT2D eigenvalue weighted by Gasteiger charge is -2.21. The molecule has 0 spiro atoms. The van der Waals surface area contributed by atoms with Crippen LogP contribution < -0.4 is 0 Å². The summed E-state index contributed by atoms with van der Waals surface area (Å²) >= 11 is 0. The number of esters is 1. The van der Waals surface area contributed by atoms with Gasteiger partial charge >= 0.3 is 5.97 Å². The topological polar surface area (TPSA) is 66.8 Å². The van der Waals surface area contributed by atoms with Crippen LogP contribution in [0, 0.1) is 5.92 Å². The molecule has 298 valence electrons. The predicted octanol–water partition coefficient (Wildman–Crippen LogP) is 13.3. The smallest absolute Gasteiger partial charge is 0.305 e. The summed E-state index contributed by atoms with van der Waals surface area (Å²) in [6.45, 7) is 10.5. The Morgan fingerprint density at radius 2 is 0.840 bits per heavy atom. The molecule has 0 bridgehead atoms. The van der Waals surface area contributed by atoms with Crippen LogP contribution >= 0.6 is 0 Å². The number of ketones is 1. The quantitative estimate of drug-likeness (QED) is 0.0505. The highest BCUT2D eigenvalue weighted by Gasteiger charge is 2.17. The van der Waals surface area contributed by atoms with Crippen LogP contribution in [0.25, 0.3) is 0 Å². The van der Waals surface area contributed by atoms with E-state index in [4.69, 9.17) is 4.74 Å². The Balaban J connectivity index is 3.94. The van der Waals surface area contributed by atoms with E-state index in [1.807, 2.05) is 0 Å². The zero-order valence-electron chi connectivity index (χ0n) is 34.3. The molecular weight excluding hydrogens is 618 g/mol. The van der Waals surface area contributed by atoms with E-state index in [0.717, 1.165) is 71.0 Å². The number of aliphatic hydroxyl groups is 1. The number of unbranched alkanes of at least 4 members (excludes halogenated alkanes) is 25. The lowest BCUT2D eigenvalue weighted by atomic mass is 9.88. The van der Waals surface area contributed by atoms with Gasteiger partial charge in [0.1, 0.15) is 5.78 Å². The zero-order chi connectivity index (χ0) is 36.6. The summed E-state index contributed by atoms with van der Waals surface area (Å²) in [5, 5.41) is 9.55. The first-order valence-corrected chi connectivity index (χ1v) is 22.6. The van der Waals surface area contributed by atoms with Crippen molar-refractivity contribution < 1.29 is 19.4 Å². The van der Waals surface area contributed by atoms with Gasteiger partial charge in [0.15, 0.2) is 0 Å². The van der Waals surface area contributed by atoms with Crippen LogP contribution in [0.15, 0.2) is 0 Å². The van der Waals surface area contributed by atoms with E-state index in [2.05, 4.69) is 25.7 Å². The number of carbonyl (C=O) groups is 2. The van der Waals surface area contributed by atoms with Crippen molar-refractivity contribution in [1.82, 2.24) is 4.90 Å². The van der Waals surface area contributed by atoms with Gasteiger partial charge in [0.25, 0.3) is 0 Å². The van der Waals surface area contributed by atoms with Crippen molar-refractivity contribution in [3.63, 3.8) is 0 Å². The summed E-state index contributed by atoms with van der Waals surface area (Å²) in [4.78, 5) is 27.6. The lowest BCUT2D eigenvalue weighted by molar-refractivity contribution is -0.143. The Kier molecular flexibility index (Phi) is 40.1. The van der Waals surface area contributed by atoms with Crippen molar-refractivity contribution in [2.45, 2.75) is 239 Å². The molecule has 0 aliphatic heterocycles. The molecule has 0 aliphatic carbocycles. The Morgan fingerprint density at radius 3 is 1.30 bits per heavy atom. The normalized spacial score (nSPS) is 11.6. The minimum Gasteiger partial charge on any atom is -0.466 e. The molecule has 5 nitrogen and oxygen atoms in total. The van der Waals surface area contributed by atoms with Gasteiger partial charge in [-0.3, -0.25) is 9.59 Å². The maximum Gasteiger partial charge on any atom is 0.305 e. The number of hydrogen-bond acceptors (Lipinski definition) is 5. The van der Waals surface area contributed by atoms with Gasteiger partial charge in [-0.1, -0.05) is 181 Å². The average Bonchev–Trinajstić information content (AvgIpc) is 3.11. The molecule has 0 amide bonds. The van der Waals surface area contributed by atoms with Crippen LogP contribution in [0.5, 0.6) is 0 Å². The van der Waals surface area contributed by atoms with Crippen molar-refractivity contribution in [3.8, 4) is 0 Å². The van der Waals surface area contributed by atoms with E-state index in [1.54, 1.807) is 0 Å². The molecule has 0 aromatic heterocycles. The maximum absolute atomic E-state index is 13.2. The van der Waals surface area contributed by atoms with Gasteiger partial charge < -0.3 is 14.7 Å². The third-order valence-electron chi connectivity index (χ3n) is 10.7. The fraction of sp³-hybridized carbons (Fsp3) is 0.956. The summed E-state index contributed by atoms with van der Waals surface area (Å²) < 4.78 is 5.41. The van der Waals surface area contributed by atoms with Crippen LogP contribution in [-0.4, -0.2) is 54.6 Å². The van der Waals surface area contributed by atoms with Gasteiger partial charge in [-0.2, -0.15) is 0 Å². The van der Waals surface area contributed by atoms with Crippen molar-refractivity contribution >= 4 is 11.8 Å². The molecule has 0 aromatic rings. The minimum atomic E-state index is -0.0233. The monoisotopic (exact) mass is 708 g/mol. The third-order valence-corrected chi connectivity index (χ3v) is 10.7. The van der Waals surface area contributed by atoms with E-state index in [9.17, 15) is 14.7 Å². The molecule has 0 saturated heterocycles. The molecule has 0 unspecified atom stereocenters. The number of rotatable bonds is 42. The number of Topliss-reactive ketones (excluding diaryl/α,β-unsaturated/α-hetero) is 1. The van der Waals surface area contributed by atoms with Crippen LogP contribution in [0.2, 0.25) is 0 Å². The standard InChI is InChI=1S/C45H89NO4/c1-4-7-10-13-18-26-33-42-50-45(49)37-30-23-19-25-32-39-46(40-41-47)38-31-24-17-16-22-29-36-44(48)43(34-27-20-14-11-8-5-2)35-28-21-15-12-9-6-3/h43,47H,4-42H2,1-3H3. The van der Waals surface area contributed by atoms with Crippen LogP contribution in [-0.2, 0) is 14.3 Å². The second-order valence-corrected chi connectivity index (χ2v) is 15.6. The molecule has 0 aliphatic rings. The van der Waals surface area contributed by atoms with E-state index < -0.39 is 0 Å². The van der Waals surface area contributed by atoms with Crippen molar-refractivity contribution in [2.24, 2.45) is 5.92 Å². The third kappa shape index (κ3) is 35.5. The Morgan fingerprint density at radius 1 is 0.460 bits per heavy atom. The molecule has 1 N–H and O–H groups in total. The molecule has 0 radical (unpaired) electrons. The van der Waals surface area contributed by atoms with Crippen LogP contribution in [0.3, 0.4) is 0 Å². The number of carbonyl (C=O) groups excluding carboxylic acids is 2. The molecule has 0 aromatic carbocycles. The highest BCUT2D eigenvalue weighted by molar-refractivity contribution is 5.80. The number of nitrogens with zero attached hydrogens (tertiary/aromatic N) is 1. The molecule has 5 heteroatoms. The van der Waals surface area contributed by atoms with E-state index >= 15 is 0 Å². The van der Waals surface area contributed by atoms with Crippen molar-refractivity contribution in [1.29, 1.82) is 0 Å². The molecule has 0 fully saturated rings. The highest BCUT2D eigenvalue weighted by atomic mass is 16.5. The van der Waals surface area contributed by atoms with Gasteiger partial charge in [-0.25, -0.2) is 0 Å². The van der Waals surface area contributed by atoms with Crippen LogP contribution in [0.1, 0.15) is 239 Å². The summed E-state index contributed by atoms with van der Waals surface area (Å²) in [5.41, 5.74) is 0. The fourth-order valence-electron chi connectivity index (χ4n) is 7.28. The van der Waals surface area contributed by atoms with Gasteiger partial charge in [-0.15, -0.1) is 0 Å². The summed E-state index contributed by atoms with van der Waals surface area (Å²) in [5.74, 6) is 0.853. The fourth-order valence-corrected chi connectivity index (χ4v) is 7.28. The van der Waals surface area contributed by atoms with Gasteiger partial charge in [0.2, 0.25) is 0 Å². The van der Waals surface area contributed by atoms with E-state index in [0.29, 0.717) is 24.7 Å². The summed E-state index contributed by atoms with van der Waals surface area (Å²) in [7, 11) is 0. The predicted molar refractivity (Wildman–Crippen MR) is 217 cm³/mol. The number of ether oxygens (including phenoxy) is 1. The zero-order valence-corrected chi connectivity index (χ0v) is 34.3. The lowest BCUT2D eigenvalue weighted by Crippen LogP contribution is -2.29. The Hall–Kier alpha value is -0.940. The Bertz CT molecular complexity index is 683. The second-order valence-electron chi connectivity index (χ2n) is 15.6. The molecular formula is C45H89NO4. The molecule has 0 rings (SSSR count). The maximum atomic E-state index is 13.2. The van der Waals surface area contributed by atoms with Gasteiger partial charge in [0.05, 0.1) is 13.2 Å². The number of aliphatic hydroxyl groups excluding tert-OH is 1. The van der Waals surface area contributed by atoms with Crippen LogP contribution in [0.4, 0.5) is 0 Å². The number of hydrogen-bond donors (Lipinski definition) is 1. The Labute approximate surface area is 313 Å². The first-order chi connectivity index (χ1) is 24.6. The molecule has 0 saturated carbocycles. The van der Waals surface area contributed by atoms with Crippen molar-refractivity contribution in [2.75, 3.05) is 32.8 Å². The van der Waals surface area contributed by atoms with E-state index in [1.165, 1.54) is 161 Å². The second kappa shape index (κ2) is 40.8. The van der Waals surface area contributed by atoms with Gasteiger partial charge in [0, 0.05) is 25.3 Å². The first-order valence-electron chi connectivity index (χ1n) is 22.6. The molecule has 50 heavy (non-hydrogen) atoms. The van der Waals surface area contributed by atoms with Crippen molar-refractivity contribution in [3.05, 3.63) is 0 Å². The first kappa shape index (κ1) is 49.1.